The summed E-state index contributed by atoms with van der Waals surface area (Å²) in [6.45, 7) is 8.23. The van der Waals surface area contributed by atoms with Gasteiger partial charge in [0.15, 0.2) is 0 Å². The van der Waals surface area contributed by atoms with E-state index in [-0.39, 0.29) is 17.4 Å². The van der Waals surface area contributed by atoms with Crippen LogP contribution in [0.4, 0.5) is 0 Å². The summed E-state index contributed by atoms with van der Waals surface area (Å²) in [5.74, 6) is 0.196. The van der Waals surface area contributed by atoms with Crippen LogP contribution < -0.4 is 10.6 Å². The van der Waals surface area contributed by atoms with E-state index in [4.69, 9.17) is 5.10 Å². The van der Waals surface area contributed by atoms with Crippen LogP contribution in [0.3, 0.4) is 0 Å². The molecule has 4 rings (SSSR count). The summed E-state index contributed by atoms with van der Waals surface area (Å²) >= 11 is 0. The lowest BCUT2D eigenvalue weighted by Gasteiger charge is -2.35. The van der Waals surface area contributed by atoms with Gasteiger partial charge in [-0.15, -0.1) is 0 Å². The lowest BCUT2D eigenvalue weighted by molar-refractivity contribution is -0.132. The maximum Gasteiger partial charge on any atom is 0.226 e. The molecule has 1 aromatic carbocycles. The Morgan fingerprint density at radius 3 is 2.85 bits per heavy atom. The number of nitrogens with one attached hydrogen (secondary N) is 2. The molecule has 1 aliphatic carbocycles. The number of amides is 1. The molecule has 1 amide bonds. The number of rotatable bonds is 3. The van der Waals surface area contributed by atoms with E-state index in [2.05, 4.69) is 54.3 Å². The molecule has 1 fully saturated rings. The van der Waals surface area contributed by atoms with Crippen molar-refractivity contribution in [3.8, 4) is 5.69 Å². The van der Waals surface area contributed by atoms with E-state index in [0.29, 0.717) is 0 Å². The average Bonchev–Trinajstić information content (AvgIpc) is 3.09. The smallest absolute Gasteiger partial charge is 0.226 e. The topological polar surface area (TPSA) is 59.0 Å². The van der Waals surface area contributed by atoms with E-state index in [0.717, 1.165) is 50.9 Å². The standard InChI is InChI=1S/C22H30N4O/c1-15-6-4-8-19(16(15)2)26-20-9-5-7-18(17(20)14-24-26)25-21(27)22(3)10-12-23-13-11-22/h4,6,8,14,18,23H,5,7,9-13H2,1-3H3,(H,25,27)/t18-/m1/s1. The molecule has 144 valence electrons. The predicted octanol–water partition coefficient (Wildman–Crippen LogP) is 3.37. The Bertz CT molecular complexity index is 848. The molecule has 1 aliphatic heterocycles. The minimum atomic E-state index is -0.258. The molecule has 2 aliphatic rings. The molecule has 5 nitrogen and oxygen atoms in total. The maximum atomic E-state index is 13.0. The summed E-state index contributed by atoms with van der Waals surface area (Å²) in [6, 6.07) is 6.43. The van der Waals surface area contributed by atoms with Crippen LogP contribution in [0.1, 0.15) is 61.0 Å². The van der Waals surface area contributed by atoms with E-state index in [9.17, 15) is 4.79 Å². The van der Waals surface area contributed by atoms with Crippen molar-refractivity contribution in [2.45, 2.75) is 58.9 Å². The van der Waals surface area contributed by atoms with Crippen molar-refractivity contribution >= 4 is 5.91 Å². The second kappa shape index (κ2) is 7.12. The van der Waals surface area contributed by atoms with Crippen LogP contribution in [0.5, 0.6) is 0 Å². The van der Waals surface area contributed by atoms with Gasteiger partial charge in [-0.2, -0.15) is 5.10 Å². The number of hydrogen-bond acceptors (Lipinski definition) is 3. The molecule has 0 spiro atoms. The molecule has 1 atom stereocenters. The van der Waals surface area contributed by atoms with E-state index < -0.39 is 0 Å². The second-order valence-corrected chi connectivity index (χ2v) is 8.41. The molecular formula is C22H30N4O. The molecule has 2 N–H and O–H groups in total. The number of piperidine rings is 1. The van der Waals surface area contributed by atoms with E-state index >= 15 is 0 Å². The number of carbonyl (C=O) groups excluding carboxylic acids is 1. The molecule has 27 heavy (non-hydrogen) atoms. The van der Waals surface area contributed by atoms with Crippen molar-refractivity contribution in [1.82, 2.24) is 20.4 Å². The van der Waals surface area contributed by atoms with Gasteiger partial charge in [0.2, 0.25) is 5.91 Å². The van der Waals surface area contributed by atoms with Gasteiger partial charge in [-0.1, -0.05) is 19.1 Å². The summed E-state index contributed by atoms with van der Waals surface area (Å²) in [6.07, 6.45) is 6.85. The third-order valence-electron chi connectivity index (χ3n) is 6.55. The van der Waals surface area contributed by atoms with Crippen LogP contribution in [0, 0.1) is 19.3 Å². The first-order valence-corrected chi connectivity index (χ1v) is 10.1. The Morgan fingerprint density at radius 2 is 2.07 bits per heavy atom. The lowest BCUT2D eigenvalue weighted by atomic mass is 9.79. The number of aryl methyl sites for hydroxylation is 1. The van der Waals surface area contributed by atoms with Crippen molar-refractivity contribution in [1.29, 1.82) is 0 Å². The first-order chi connectivity index (χ1) is 13.0. The van der Waals surface area contributed by atoms with Crippen molar-refractivity contribution in [2.75, 3.05) is 13.1 Å². The van der Waals surface area contributed by atoms with Crippen LogP contribution in [-0.2, 0) is 11.2 Å². The summed E-state index contributed by atoms with van der Waals surface area (Å²) in [5, 5.41) is 11.4. The van der Waals surface area contributed by atoms with E-state index in [1.165, 1.54) is 22.4 Å². The van der Waals surface area contributed by atoms with Crippen LogP contribution in [0.2, 0.25) is 0 Å². The molecule has 1 aromatic heterocycles. The van der Waals surface area contributed by atoms with E-state index in [1.807, 2.05) is 6.20 Å². The Hall–Kier alpha value is -2.14. The fourth-order valence-corrected chi connectivity index (χ4v) is 4.42. The van der Waals surface area contributed by atoms with Crippen LogP contribution >= 0.6 is 0 Å². The molecule has 0 bridgehead atoms. The summed E-state index contributed by atoms with van der Waals surface area (Å²) in [5.41, 5.74) is 5.86. The Kier molecular flexibility index (Phi) is 4.81. The molecule has 1 saturated heterocycles. The van der Waals surface area contributed by atoms with Gasteiger partial charge in [0.25, 0.3) is 0 Å². The van der Waals surface area contributed by atoms with Crippen LogP contribution in [-0.4, -0.2) is 28.8 Å². The fraction of sp³-hybridized carbons (Fsp3) is 0.545. The first-order valence-electron chi connectivity index (χ1n) is 10.1. The molecule has 2 aromatic rings. The third-order valence-corrected chi connectivity index (χ3v) is 6.55. The van der Waals surface area contributed by atoms with Gasteiger partial charge < -0.3 is 10.6 Å². The zero-order chi connectivity index (χ0) is 19.0. The Morgan fingerprint density at radius 1 is 1.30 bits per heavy atom. The quantitative estimate of drug-likeness (QED) is 0.876. The average molecular weight is 367 g/mol. The van der Waals surface area contributed by atoms with Gasteiger partial charge >= 0.3 is 0 Å². The van der Waals surface area contributed by atoms with Gasteiger partial charge in [-0.05, 0) is 76.2 Å². The highest BCUT2D eigenvalue weighted by Crippen LogP contribution is 2.34. The number of hydrogen-bond donors (Lipinski definition) is 2. The van der Waals surface area contributed by atoms with Gasteiger partial charge in [0, 0.05) is 16.7 Å². The highest BCUT2D eigenvalue weighted by Gasteiger charge is 2.37. The second-order valence-electron chi connectivity index (χ2n) is 8.41. The molecule has 0 unspecified atom stereocenters. The first kappa shape index (κ1) is 18.2. The summed E-state index contributed by atoms with van der Waals surface area (Å²) in [7, 11) is 0. The van der Waals surface area contributed by atoms with E-state index in [1.54, 1.807) is 0 Å². The van der Waals surface area contributed by atoms with Gasteiger partial charge in [-0.25, -0.2) is 4.68 Å². The molecule has 0 radical (unpaired) electrons. The SMILES string of the molecule is Cc1cccc(-n2ncc3c2CCC[C@H]3NC(=O)C2(C)CCNCC2)c1C. The van der Waals surface area contributed by atoms with Crippen molar-refractivity contribution in [3.05, 3.63) is 46.8 Å². The minimum Gasteiger partial charge on any atom is -0.349 e. The Labute approximate surface area is 161 Å². The van der Waals surface area contributed by atoms with Crippen LogP contribution in [0.25, 0.3) is 5.69 Å². The van der Waals surface area contributed by atoms with Crippen molar-refractivity contribution in [3.63, 3.8) is 0 Å². The monoisotopic (exact) mass is 366 g/mol. The predicted molar refractivity (Wildman–Crippen MR) is 107 cm³/mol. The number of benzene rings is 1. The zero-order valence-corrected chi connectivity index (χ0v) is 16.6. The van der Waals surface area contributed by atoms with Crippen molar-refractivity contribution in [2.24, 2.45) is 5.41 Å². The zero-order valence-electron chi connectivity index (χ0n) is 16.6. The molecule has 0 saturated carbocycles. The third kappa shape index (κ3) is 3.29. The van der Waals surface area contributed by atoms with Crippen LogP contribution in [0.15, 0.2) is 24.4 Å². The normalized spacial score (nSPS) is 21.5. The number of carbonyl (C=O) groups is 1. The summed E-state index contributed by atoms with van der Waals surface area (Å²) in [4.78, 5) is 13.0. The van der Waals surface area contributed by atoms with Gasteiger partial charge in [0.05, 0.1) is 17.9 Å². The summed E-state index contributed by atoms with van der Waals surface area (Å²) < 4.78 is 2.09. The maximum absolute atomic E-state index is 13.0. The highest BCUT2D eigenvalue weighted by molar-refractivity contribution is 5.82. The molecule has 5 heteroatoms. The number of fused-ring (bicyclic) bond motifs is 1. The van der Waals surface area contributed by atoms with Crippen molar-refractivity contribution < 1.29 is 4.79 Å². The highest BCUT2D eigenvalue weighted by atomic mass is 16.2. The lowest BCUT2D eigenvalue weighted by Crippen LogP contribution is -2.47. The number of nitrogens with zero attached hydrogens (tertiary/aromatic N) is 2. The largest absolute Gasteiger partial charge is 0.349 e. The van der Waals surface area contributed by atoms with Gasteiger partial charge in [0.1, 0.15) is 0 Å². The number of aromatic nitrogens is 2. The minimum absolute atomic E-state index is 0.0758. The molecular weight excluding hydrogens is 336 g/mol. The molecule has 2 heterocycles. The fourth-order valence-electron chi connectivity index (χ4n) is 4.42. The van der Waals surface area contributed by atoms with Gasteiger partial charge in [-0.3, -0.25) is 4.79 Å². The Balaban J connectivity index is 1.60.